The maximum absolute atomic E-state index is 5.86. The second kappa shape index (κ2) is 2.63. The van der Waals surface area contributed by atoms with Crippen LogP contribution in [0.1, 0.15) is 24.3 Å². The molecule has 1 aliphatic heterocycles. The Kier molecular flexibility index (Phi) is 1.45. The van der Waals surface area contributed by atoms with Gasteiger partial charge < -0.3 is 4.74 Å². The van der Waals surface area contributed by atoms with Crippen molar-refractivity contribution in [3.8, 4) is 5.75 Å². The Morgan fingerprint density at radius 2 is 1.92 bits per heavy atom. The largest absolute Gasteiger partial charge is 0.489 e. The molecule has 0 amide bonds. The molecule has 0 fully saturated rings. The Labute approximate surface area is 78.0 Å². The minimum Gasteiger partial charge on any atom is -0.489 e. The van der Waals surface area contributed by atoms with Crippen LogP contribution in [0.15, 0.2) is 36.4 Å². The van der Waals surface area contributed by atoms with Crippen LogP contribution in [-0.4, -0.2) is 6.10 Å². The van der Waals surface area contributed by atoms with Gasteiger partial charge in [0.2, 0.25) is 0 Å². The van der Waals surface area contributed by atoms with Crippen molar-refractivity contribution in [3.05, 3.63) is 42.0 Å². The molecule has 2 aliphatic rings. The predicted molar refractivity (Wildman–Crippen MR) is 52.0 cm³/mol. The minimum absolute atomic E-state index is 0.405. The summed E-state index contributed by atoms with van der Waals surface area (Å²) < 4.78 is 5.86. The molecule has 2 atom stereocenters. The summed E-state index contributed by atoms with van der Waals surface area (Å²) >= 11 is 0. The number of rotatable bonds is 0. The number of allylic oxidation sites excluding steroid dienone is 1. The zero-order valence-electron chi connectivity index (χ0n) is 7.44. The molecule has 1 heteroatoms. The molecule has 1 heterocycles. The fourth-order valence-electron chi connectivity index (χ4n) is 2.30. The Bertz CT molecular complexity index is 354. The van der Waals surface area contributed by atoms with Crippen LogP contribution in [0.2, 0.25) is 0 Å². The summed E-state index contributed by atoms with van der Waals surface area (Å²) in [6.45, 7) is 0. The SMILES string of the molecule is C1=CCC2c3ccccc3OC2C1. The third-order valence-corrected chi connectivity index (χ3v) is 2.97. The highest BCUT2D eigenvalue weighted by Gasteiger charge is 2.33. The Morgan fingerprint density at radius 1 is 1.08 bits per heavy atom. The Balaban J connectivity index is 2.05. The molecular weight excluding hydrogens is 160 g/mol. The second-order valence-electron chi connectivity index (χ2n) is 3.74. The van der Waals surface area contributed by atoms with E-state index >= 15 is 0 Å². The van der Waals surface area contributed by atoms with Crippen molar-refractivity contribution >= 4 is 0 Å². The molecule has 0 saturated carbocycles. The first-order valence-corrected chi connectivity index (χ1v) is 4.86. The van der Waals surface area contributed by atoms with E-state index in [-0.39, 0.29) is 0 Å². The average Bonchev–Trinajstić information content (AvgIpc) is 2.56. The predicted octanol–water partition coefficient (Wildman–Crippen LogP) is 2.88. The van der Waals surface area contributed by atoms with E-state index in [1.165, 1.54) is 5.56 Å². The van der Waals surface area contributed by atoms with E-state index in [0.29, 0.717) is 12.0 Å². The summed E-state index contributed by atoms with van der Waals surface area (Å²) in [6.07, 6.45) is 7.11. The van der Waals surface area contributed by atoms with Crippen LogP contribution in [0.5, 0.6) is 5.75 Å². The number of hydrogen-bond donors (Lipinski definition) is 0. The smallest absolute Gasteiger partial charge is 0.123 e. The molecule has 0 saturated heterocycles. The molecule has 66 valence electrons. The van der Waals surface area contributed by atoms with Gasteiger partial charge in [0.05, 0.1) is 0 Å². The standard InChI is InChI=1S/C12H12O/c1-3-7-11-9(5-1)10-6-2-4-8-12(10)13-11/h1-5,7,10,12H,6,8H2. The van der Waals surface area contributed by atoms with Gasteiger partial charge in [-0.25, -0.2) is 0 Å². The number of fused-ring (bicyclic) bond motifs is 3. The number of hydrogen-bond acceptors (Lipinski definition) is 1. The van der Waals surface area contributed by atoms with Gasteiger partial charge in [-0.3, -0.25) is 0 Å². The lowest BCUT2D eigenvalue weighted by Crippen LogP contribution is -2.19. The van der Waals surface area contributed by atoms with Crippen molar-refractivity contribution in [2.75, 3.05) is 0 Å². The molecule has 0 spiro atoms. The van der Waals surface area contributed by atoms with Crippen molar-refractivity contribution < 1.29 is 4.74 Å². The number of para-hydroxylation sites is 1. The number of ether oxygens (including phenoxy) is 1. The van der Waals surface area contributed by atoms with Crippen LogP contribution in [0.25, 0.3) is 0 Å². The van der Waals surface area contributed by atoms with Gasteiger partial charge in [-0.05, 0) is 12.5 Å². The van der Waals surface area contributed by atoms with E-state index < -0.39 is 0 Å². The third kappa shape index (κ3) is 0.998. The number of benzene rings is 1. The van der Waals surface area contributed by atoms with Crippen molar-refractivity contribution in [1.82, 2.24) is 0 Å². The van der Waals surface area contributed by atoms with Crippen LogP contribution < -0.4 is 4.74 Å². The van der Waals surface area contributed by atoms with Crippen LogP contribution in [-0.2, 0) is 0 Å². The highest BCUT2D eigenvalue weighted by atomic mass is 16.5. The Morgan fingerprint density at radius 3 is 2.92 bits per heavy atom. The zero-order valence-corrected chi connectivity index (χ0v) is 7.44. The maximum Gasteiger partial charge on any atom is 0.123 e. The van der Waals surface area contributed by atoms with Crippen molar-refractivity contribution in [1.29, 1.82) is 0 Å². The lowest BCUT2D eigenvalue weighted by atomic mass is 9.87. The molecule has 2 unspecified atom stereocenters. The van der Waals surface area contributed by atoms with Crippen molar-refractivity contribution in [3.63, 3.8) is 0 Å². The van der Waals surface area contributed by atoms with Gasteiger partial charge in [0, 0.05) is 17.9 Å². The fraction of sp³-hybridized carbons (Fsp3) is 0.333. The van der Waals surface area contributed by atoms with Gasteiger partial charge in [0.25, 0.3) is 0 Å². The van der Waals surface area contributed by atoms with Gasteiger partial charge in [0.15, 0.2) is 0 Å². The van der Waals surface area contributed by atoms with Gasteiger partial charge in [-0.15, -0.1) is 0 Å². The summed E-state index contributed by atoms with van der Waals surface area (Å²) in [5.41, 5.74) is 1.40. The van der Waals surface area contributed by atoms with E-state index in [4.69, 9.17) is 4.74 Å². The quantitative estimate of drug-likeness (QED) is 0.547. The van der Waals surface area contributed by atoms with E-state index in [0.717, 1.165) is 18.6 Å². The molecule has 1 aliphatic carbocycles. The summed E-state index contributed by atoms with van der Waals surface area (Å²) in [7, 11) is 0. The van der Waals surface area contributed by atoms with Gasteiger partial charge in [-0.2, -0.15) is 0 Å². The van der Waals surface area contributed by atoms with Crippen molar-refractivity contribution in [2.24, 2.45) is 0 Å². The van der Waals surface area contributed by atoms with E-state index in [2.05, 4.69) is 30.4 Å². The maximum atomic E-state index is 5.86. The first kappa shape index (κ1) is 7.19. The molecule has 3 rings (SSSR count). The molecule has 1 aromatic rings. The zero-order chi connectivity index (χ0) is 8.67. The molecule has 0 N–H and O–H groups in total. The summed E-state index contributed by atoms with van der Waals surface area (Å²) in [6, 6.07) is 8.42. The molecule has 0 radical (unpaired) electrons. The van der Waals surface area contributed by atoms with Gasteiger partial charge >= 0.3 is 0 Å². The first-order chi connectivity index (χ1) is 6.45. The summed E-state index contributed by atoms with van der Waals surface area (Å²) in [4.78, 5) is 0. The monoisotopic (exact) mass is 172 g/mol. The molecule has 0 aromatic heterocycles. The topological polar surface area (TPSA) is 9.23 Å². The second-order valence-corrected chi connectivity index (χ2v) is 3.74. The van der Waals surface area contributed by atoms with Gasteiger partial charge in [0.1, 0.15) is 11.9 Å². The van der Waals surface area contributed by atoms with Crippen LogP contribution in [0.4, 0.5) is 0 Å². The summed E-state index contributed by atoms with van der Waals surface area (Å²) in [5.74, 6) is 1.71. The van der Waals surface area contributed by atoms with Crippen LogP contribution in [0, 0.1) is 0 Å². The molecule has 0 bridgehead atoms. The molecule has 1 nitrogen and oxygen atoms in total. The lowest BCUT2D eigenvalue weighted by molar-refractivity contribution is 0.204. The molecule has 1 aromatic carbocycles. The third-order valence-electron chi connectivity index (χ3n) is 2.97. The highest BCUT2D eigenvalue weighted by molar-refractivity contribution is 5.42. The van der Waals surface area contributed by atoms with E-state index in [9.17, 15) is 0 Å². The van der Waals surface area contributed by atoms with E-state index in [1.807, 2.05) is 6.07 Å². The Hall–Kier alpha value is -1.24. The normalized spacial score (nSPS) is 29.2. The first-order valence-electron chi connectivity index (χ1n) is 4.86. The summed E-state index contributed by atoms with van der Waals surface area (Å²) in [5, 5.41) is 0. The fourth-order valence-corrected chi connectivity index (χ4v) is 2.30. The average molecular weight is 172 g/mol. The van der Waals surface area contributed by atoms with Crippen LogP contribution >= 0.6 is 0 Å². The molecule has 13 heavy (non-hydrogen) atoms. The van der Waals surface area contributed by atoms with E-state index in [1.54, 1.807) is 0 Å². The van der Waals surface area contributed by atoms with Gasteiger partial charge in [-0.1, -0.05) is 30.4 Å². The highest BCUT2D eigenvalue weighted by Crippen LogP contribution is 2.43. The lowest BCUT2D eigenvalue weighted by Gasteiger charge is -2.19. The molecular formula is C12H12O. The minimum atomic E-state index is 0.405. The van der Waals surface area contributed by atoms with Crippen LogP contribution in [0.3, 0.4) is 0 Å². The van der Waals surface area contributed by atoms with Crippen molar-refractivity contribution in [2.45, 2.75) is 24.9 Å².